The summed E-state index contributed by atoms with van der Waals surface area (Å²) in [5.41, 5.74) is 2.01. The van der Waals surface area contributed by atoms with E-state index in [0.29, 0.717) is 17.0 Å². The first kappa shape index (κ1) is 20.6. The zero-order chi connectivity index (χ0) is 20.0. The first-order valence-corrected chi connectivity index (χ1v) is 10.2. The van der Waals surface area contributed by atoms with Crippen molar-refractivity contribution >= 4 is 27.3 Å². The number of hydrogen-bond acceptors (Lipinski definition) is 5. The first-order valence-electron chi connectivity index (χ1n) is 8.39. The maximum absolute atomic E-state index is 12.2. The van der Waals surface area contributed by atoms with Gasteiger partial charge >= 0.3 is 0 Å². The number of carbonyl (C=O) groups excluding carboxylic acids is 1. The van der Waals surface area contributed by atoms with Crippen molar-refractivity contribution in [1.29, 1.82) is 0 Å². The number of nitrogens with one attached hydrogen (secondary N) is 1. The van der Waals surface area contributed by atoms with Crippen molar-refractivity contribution in [3.63, 3.8) is 0 Å². The molecule has 0 heterocycles. The summed E-state index contributed by atoms with van der Waals surface area (Å²) in [5, 5.41) is 2.74. The van der Waals surface area contributed by atoms with Gasteiger partial charge in [0.15, 0.2) is 0 Å². The van der Waals surface area contributed by atoms with Crippen molar-refractivity contribution in [2.75, 3.05) is 49.8 Å². The molecule has 0 fully saturated rings. The number of nitrogens with zero attached hydrogens (tertiary/aromatic N) is 2. The van der Waals surface area contributed by atoms with E-state index < -0.39 is 10.0 Å². The molecule has 27 heavy (non-hydrogen) atoms. The summed E-state index contributed by atoms with van der Waals surface area (Å²) < 4.78 is 30.7. The number of ether oxygens (including phenoxy) is 1. The SMILES string of the molecule is COc1ccc(C(=O)NCCN(c2ccc(N(C)C)cc2)S(C)(=O)=O)cc1. The fourth-order valence-corrected chi connectivity index (χ4v) is 3.45. The Morgan fingerprint density at radius 1 is 1.00 bits per heavy atom. The Labute approximate surface area is 160 Å². The van der Waals surface area contributed by atoms with Gasteiger partial charge in [-0.05, 0) is 48.5 Å². The van der Waals surface area contributed by atoms with E-state index in [1.165, 1.54) is 4.31 Å². The van der Waals surface area contributed by atoms with Gasteiger partial charge in [0.05, 0.1) is 25.6 Å². The molecule has 0 aliphatic rings. The standard InChI is InChI=1S/C19H25N3O4S/c1-21(2)16-7-9-17(10-8-16)22(27(4,24)25)14-13-20-19(23)15-5-11-18(26-3)12-6-15/h5-12H,13-14H2,1-4H3,(H,20,23). The zero-order valence-electron chi connectivity index (χ0n) is 16.0. The number of hydrogen-bond donors (Lipinski definition) is 1. The van der Waals surface area contributed by atoms with Crippen molar-refractivity contribution in [2.45, 2.75) is 0 Å². The molecule has 2 rings (SSSR count). The quantitative estimate of drug-likeness (QED) is 0.744. The molecule has 7 nitrogen and oxygen atoms in total. The van der Waals surface area contributed by atoms with Crippen LogP contribution in [0.25, 0.3) is 0 Å². The van der Waals surface area contributed by atoms with Gasteiger partial charge < -0.3 is 15.0 Å². The van der Waals surface area contributed by atoms with Gasteiger partial charge in [0, 0.05) is 31.9 Å². The minimum absolute atomic E-state index is 0.141. The van der Waals surface area contributed by atoms with Crippen LogP contribution in [-0.2, 0) is 10.0 Å². The van der Waals surface area contributed by atoms with Crippen molar-refractivity contribution in [3.8, 4) is 5.75 Å². The molecule has 0 aliphatic carbocycles. The van der Waals surface area contributed by atoms with Crippen LogP contribution in [0.2, 0.25) is 0 Å². The van der Waals surface area contributed by atoms with E-state index >= 15 is 0 Å². The highest BCUT2D eigenvalue weighted by Crippen LogP contribution is 2.21. The molecule has 0 saturated carbocycles. The average Bonchev–Trinajstić information content (AvgIpc) is 2.64. The smallest absolute Gasteiger partial charge is 0.251 e. The highest BCUT2D eigenvalue weighted by molar-refractivity contribution is 7.92. The number of anilines is 2. The Kier molecular flexibility index (Phi) is 6.68. The Bertz CT molecular complexity index is 863. The van der Waals surface area contributed by atoms with Crippen LogP contribution in [-0.4, -0.2) is 54.9 Å². The van der Waals surface area contributed by atoms with E-state index in [1.807, 2.05) is 31.1 Å². The lowest BCUT2D eigenvalue weighted by atomic mass is 10.2. The molecule has 0 saturated heterocycles. The van der Waals surface area contributed by atoms with Crippen molar-refractivity contribution in [2.24, 2.45) is 0 Å². The van der Waals surface area contributed by atoms with Gasteiger partial charge in [0.1, 0.15) is 5.75 Å². The fraction of sp³-hybridized carbons (Fsp3) is 0.316. The second-order valence-electron chi connectivity index (χ2n) is 6.23. The monoisotopic (exact) mass is 391 g/mol. The van der Waals surface area contributed by atoms with Crippen LogP contribution < -0.4 is 19.3 Å². The summed E-state index contributed by atoms with van der Waals surface area (Å²) in [4.78, 5) is 14.1. The summed E-state index contributed by atoms with van der Waals surface area (Å²) in [6, 6.07) is 13.9. The Morgan fingerprint density at radius 2 is 1.56 bits per heavy atom. The summed E-state index contributed by atoms with van der Waals surface area (Å²) in [6.45, 7) is 0.329. The van der Waals surface area contributed by atoms with Crippen LogP contribution in [0.1, 0.15) is 10.4 Å². The van der Waals surface area contributed by atoms with E-state index in [4.69, 9.17) is 4.74 Å². The fourth-order valence-electron chi connectivity index (χ4n) is 2.52. The molecule has 0 aromatic heterocycles. The van der Waals surface area contributed by atoms with Gasteiger partial charge in [0.25, 0.3) is 5.91 Å². The average molecular weight is 391 g/mol. The lowest BCUT2D eigenvalue weighted by Crippen LogP contribution is -2.38. The van der Waals surface area contributed by atoms with Crippen LogP contribution in [0.5, 0.6) is 5.75 Å². The third-order valence-corrected chi connectivity index (χ3v) is 5.20. The molecule has 0 unspecified atom stereocenters. The molecule has 1 N–H and O–H groups in total. The van der Waals surface area contributed by atoms with Crippen LogP contribution in [0.4, 0.5) is 11.4 Å². The molecule has 0 spiro atoms. The first-order chi connectivity index (χ1) is 12.7. The molecule has 2 aromatic carbocycles. The third kappa shape index (κ3) is 5.62. The van der Waals surface area contributed by atoms with Crippen LogP contribution in [0.3, 0.4) is 0 Å². The Hall–Kier alpha value is -2.74. The lowest BCUT2D eigenvalue weighted by Gasteiger charge is -2.23. The van der Waals surface area contributed by atoms with E-state index in [2.05, 4.69) is 5.32 Å². The predicted octanol–water partition coefficient (Wildman–Crippen LogP) is 1.96. The van der Waals surface area contributed by atoms with Gasteiger partial charge in [-0.1, -0.05) is 0 Å². The maximum Gasteiger partial charge on any atom is 0.251 e. The van der Waals surface area contributed by atoms with Crippen molar-refractivity contribution in [3.05, 3.63) is 54.1 Å². The topological polar surface area (TPSA) is 79.0 Å². The summed E-state index contributed by atoms with van der Waals surface area (Å²) >= 11 is 0. The molecule has 0 bridgehead atoms. The molecular weight excluding hydrogens is 366 g/mol. The van der Waals surface area contributed by atoms with E-state index in [0.717, 1.165) is 11.9 Å². The van der Waals surface area contributed by atoms with Gasteiger partial charge in [-0.15, -0.1) is 0 Å². The predicted molar refractivity (Wildman–Crippen MR) is 108 cm³/mol. The van der Waals surface area contributed by atoms with Crippen molar-refractivity contribution in [1.82, 2.24) is 5.32 Å². The van der Waals surface area contributed by atoms with E-state index in [9.17, 15) is 13.2 Å². The summed E-state index contributed by atoms with van der Waals surface area (Å²) in [5.74, 6) is 0.394. The number of rotatable bonds is 8. The number of amides is 1. The van der Waals surface area contributed by atoms with Crippen LogP contribution >= 0.6 is 0 Å². The maximum atomic E-state index is 12.2. The van der Waals surface area contributed by atoms with Gasteiger partial charge in [0.2, 0.25) is 10.0 Å². The highest BCUT2D eigenvalue weighted by atomic mass is 32.2. The second-order valence-corrected chi connectivity index (χ2v) is 8.14. The molecule has 8 heteroatoms. The van der Waals surface area contributed by atoms with E-state index in [1.54, 1.807) is 43.5 Å². The Morgan fingerprint density at radius 3 is 2.04 bits per heavy atom. The normalized spacial score (nSPS) is 11.0. The Balaban J connectivity index is 2.03. The van der Waals surface area contributed by atoms with Gasteiger partial charge in [-0.3, -0.25) is 9.10 Å². The van der Waals surface area contributed by atoms with Gasteiger partial charge in [-0.25, -0.2) is 8.42 Å². The molecule has 0 aliphatic heterocycles. The minimum atomic E-state index is -3.47. The number of carbonyl (C=O) groups is 1. The molecule has 2 aromatic rings. The highest BCUT2D eigenvalue weighted by Gasteiger charge is 2.17. The van der Waals surface area contributed by atoms with E-state index in [-0.39, 0.29) is 19.0 Å². The second kappa shape index (κ2) is 8.77. The zero-order valence-corrected chi connectivity index (χ0v) is 16.8. The molecule has 146 valence electrons. The number of sulfonamides is 1. The number of methoxy groups -OCH3 is 1. The lowest BCUT2D eigenvalue weighted by molar-refractivity contribution is 0.0955. The minimum Gasteiger partial charge on any atom is -0.497 e. The summed E-state index contributed by atoms with van der Waals surface area (Å²) in [6.07, 6.45) is 1.15. The van der Waals surface area contributed by atoms with Gasteiger partial charge in [-0.2, -0.15) is 0 Å². The molecule has 0 radical (unpaired) electrons. The largest absolute Gasteiger partial charge is 0.497 e. The number of benzene rings is 2. The molecule has 1 amide bonds. The van der Waals surface area contributed by atoms with Crippen LogP contribution in [0.15, 0.2) is 48.5 Å². The third-order valence-electron chi connectivity index (χ3n) is 4.01. The molecular formula is C19H25N3O4S. The van der Waals surface area contributed by atoms with Crippen LogP contribution in [0, 0.1) is 0 Å². The van der Waals surface area contributed by atoms with Crippen molar-refractivity contribution < 1.29 is 17.9 Å². The summed E-state index contributed by atoms with van der Waals surface area (Å²) in [7, 11) is 1.91. The molecule has 0 atom stereocenters.